The summed E-state index contributed by atoms with van der Waals surface area (Å²) in [6, 6.07) is 9.76. The smallest absolute Gasteiger partial charge is 0.127 e. The number of benzene rings is 1. The number of thiophene rings is 1. The van der Waals surface area contributed by atoms with Gasteiger partial charge in [0.05, 0.1) is 29.6 Å². The van der Waals surface area contributed by atoms with Gasteiger partial charge in [0.2, 0.25) is 0 Å². The highest BCUT2D eigenvalue weighted by molar-refractivity contribution is 9.11. The predicted octanol–water partition coefficient (Wildman–Crippen LogP) is 3.27. The minimum Gasteiger partial charge on any atom is -0.496 e. The normalized spacial score (nSPS) is 12.2. The van der Waals surface area contributed by atoms with Crippen LogP contribution in [0.15, 0.2) is 34.1 Å². The zero-order valence-electron chi connectivity index (χ0n) is 11.4. The fourth-order valence-electron chi connectivity index (χ4n) is 2.13. The van der Waals surface area contributed by atoms with Gasteiger partial charge in [0, 0.05) is 11.3 Å². The number of hydrogen-bond acceptors (Lipinski definition) is 5. The maximum atomic E-state index is 5.74. The average Bonchev–Trinajstić information content (AvgIpc) is 2.89. The third-order valence-electron chi connectivity index (χ3n) is 3.05. The summed E-state index contributed by atoms with van der Waals surface area (Å²) in [4.78, 5) is 1.23. The number of nitrogens with two attached hydrogens (primary N) is 1. The molecule has 3 N–H and O–H groups in total. The topological polar surface area (TPSA) is 56.5 Å². The van der Waals surface area contributed by atoms with E-state index in [9.17, 15) is 0 Å². The summed E-state index contributed by atoms with van der Waals surface area (Å²) in [7, 11) is 3.29. The molecule has 20 heavy (non-hydrogen) atoms. The SMILES string of the molecule is COc1cccc(OC)c1C(Cc1ccc(Br)s1)NN. The lowest BCUT2D eigenvalue weighted by molar-refractivity contribution is 0.370. The molecule has 2 rings (SSSR count). The monoisotopic (exact) mass is 356 g/mol. The Balaban J connectivity index is 2.35. The van der Waals surface area contributed by atoms with Crippen molar-refractivity contribution in [2.24, 2.45) is 5.84 Å². The van der Waals surface area contributed by atoms with Crippen LogP contribution in [0.5, 0.6) is 11.5 Å². The van der Waals surface area contributed by atoms with Gasteiger partial charge in [-0.15, -0.1) is 11.3 Å². The molecule has 0 aliphatic carbocycles. The van der Waals surface area contributed by atoms with Crippen molar-refractivity contribution in [2.45, 2.75) is 12.5 Å². The zero-order valence-corrected chi connectivity index (χ0v) is 13.8. The van der Waals surface area contributed by atoms with E-state index >= 15 is 0 Å². The van der Waals surface area contributed by atoms with Gasteiger partial charge in [-0.25, -0.2) is 0 Å². The summed E-state index contributed by atoms with van der Waals surface area (Å²) in [5, 5.41) is 0. The zero-order chi connectivity index (χ0) is 14.5. The molecular weight excluding hydrogens is 340 g/mol. The second-order valence-electron chi connectivity index (χ2n) is 4.21. The number of hydrogen-bond donors (Lipinski definition) is 2. The standard InChI is InChI=1S/C14H17BrN2O2S/c1-18-11-4-3-5-12(19-2)14(11)10(17-16)8-9-6-7-13(15)20-9/h3-7,10,17H,8,16H2,1-2H3. The number of ether oxygens (including phenoxy) is 2. The molecule has 1 atom stereocenters. The summed E-state index contributed by atoms with van der Waals surface area (Å²) in [5.74, 6) is 7.27. The molecule has 0 spiro atoms. The van der Waals surface area contributed by atoms with Crippen molar-refractivity contribution in [3.63, 3.8) is 0 Å². The summed E-state index contributed by atoms with van der Waals surface area (Å²) in [6.45, 7) is 0. The van der Waals surface area contributed by atoms with Gasteiger partial charge in [0.15, 0.2) is 0 Å². The van der Waals surface area contributed by atoms with E-state index in [4.69, 9.17) is 15.3 Å². The summed E-state index contributed by atoms with van der Waals surface area (Å²) < 4.78 is 12.0. The van der Waals surface area contributed by atoms with Gasteiger partial charge in [0.1, 0.15) is 11.5 Å². The van der Waals surface area contributed by atoms with Gasteiger partial charge >= 0.3 is 0 Å². The first-order chi connectivity index (χ1) is 9.69. The van der Waals surface area contributed by atoms with Crippen molar-refractivity contribution < 1.29 is 9.47 Å². The van der Waals surface area contributed by atoms with Crippen molar-refractivity contribution in [2.75, 3.05) is 14.2 Å². The molecule has 6 heteroatoms. The molecule has 2 aromatic rings. The van der Waals surface area contributed by atoms with E-state index in [2.05, 4.69) is 27.4 Å². The maximum absolute atomic E-state index is 5.74. The van der Waals surface area contributed by atoms with Gasteiger partial charge in [-0.1, -0.05) is 6.07 Å². The van der Waals surface area contributed by atoms with E-state index < -0.39 is 0 Å². The highest BCUT2D eigenvalue weighted by atomic mass is 79.9. The van der Waals surface area contributed by atoms with Gasteiger partial charge in [-0.05, 0) is 40.2 Å². The third-order valence-corrected chi connectivity index (χ3v) is 4.70. The molecule has 4 nitrogen and oxygen atoms in total. The van der Waals surface area contributed by atoms with E-state index in [1.54, 1.807) is 25.6 Å². The van der Waals surface area contributed by atoms with Gasteiger partial charge in [0.25, 0.3) is 0 Å². The van der Waals surface area contributed by atoms with Gasteiger partial charge < -0.3 is 9.47 Å². The van der Waals surface area contributed by atoms with Crippen molar-refractivity contribution in [3.05, 3.63) is 44.6 Å². The van der Waals surface area contributed by atoms with Crippen LogP contribution in [0.25, 0.3) is 0 Å². The second-order valence-corrected chi connectivity index (χ2v) is 6.75. The Morgan fingerprint density at radius 2 is 1.85 bits per heavy atom. The van der Waals surface area contributed by atoms with Crippen LogP contribution in [-0.2, 0) is 6.42 Å². The summed E-state index contributed by atoms with van der Waals surface area (Å²) >= 11 is 5.17. The number of nitrogens with one attached hydrogen (secondary N) is 1. The van der Waals surface area contributed by atoms with E-state index in [1.807, 2.05) is 24.3 Å². The first kappa shape index (κ1) is 15.3. The van der Waals surface area contributed by atoms with Crippen LogP contribution in [0.3, 0.4) is 0 Å². The number of rotatable bonds is 6. The van der Waals surface area contributed by atoms with Crippen LogP contribution in [0.1, 0.15) is 16.5 Å². The Kier molecular flexibility index (Phi) is 5.42. The minimum absolute atomic E-state index is 0.0772. The molecule has 0 saturated carbocycles. The van der Waals surface area contributed by atoms with E-state index in [0.717, 1.165) is 27.3 Å². The van der Waals surface area contributed by atoms with E-state index in [1.165, 1.54) is 4.88 Å². The Labute approximate surface area is 131 Å². The summed E-state index contributed by atoms with van der Waals surface area (Å²) in [5.41, 5.74) is 3.79. The van der Waals surface area contributed by atoms with Crippen LogP contribution < -0.4 is 20.7 Å². The molecule has 0 fully saturated rings. The van der Waals surface area contributed by atoms with Crippen LogP contribution in [-0.4, -0.2) is 14.2 Å². The second kappa shape index (κ2) is 7.08. The molecular formula is C14H17BrN2O2S. The van der Waals surface area contributed by atoms with E-state index in [-0.39, 0.29) is 6.04 Å². The van der Waals surface area contributed by atoms with Gasteiger partial charge in [-0.2, -0.15) is 0 Å². The summed E-state index contributed by atoms with van der Waals surface area (Å²) in [6.07, 6.45) is 0.767. The van der Waals surface area contributed by atoms with E-state index in [0.29, 0.717) is 0 Å². The van der Waals surface area contributed by atoms with Gasteiger partial charge in [-0.3, -0.25) is 11.3 Å². The fraction of sp³-hybridized carbons (Fsp3) is 0.286. The van der Waals surface area contributed by atoms with Crippen molar-refractivity contribution in [3.8, 4) is 11.5 Å². The highest BCUT2D eigenvalue weighted by Crippen LogP contribution is 2.36. The molecule has 0 aliphatic rings. The van der Waals surface area contributed by atoms with Crippen molar-refractivity contribution >= 4 is 27.3 Å². The number of hydrazine groups is 1. The molecule has 1 unspecified atom stereocenters. The molecule has 108 valence electrons. The minimum atomic E-state index is -0.0772. The molecule has 1 aromatic carbocycles. The molecule has 0 saturated heterocycles. The molecule has 0 bridgehead atoms. The molecule has 0 radical (unpaired) electrons. The predicted molar refractivity (Wildman–Crippen MR) is 85.3 cm³/mol. The highest BCUT2D eigenvalue weighted by Gasteiger charge is 2.20. The largest absolute Gasteiger partial charge is 0.496 e. The maximum Gasteiger partial charge on any atom is 0.127 e. The van der Waals surface area contributed by atoms with Crippen LogP contribution in [0.2, 0.25) is 0 Å². The van der Waals surface area contributed by atoms with Crippen LogP contribution in [0, 0.1) is 0 Å². The lowest BCUT2D eigenvalue weighted by Crippen LogP contribution is -2.30. The Morgan fingerprint density at radius 1 is 1.20 bits per heavy atom. The Hall–Kier alpha value is -1.08. The first-order valence-electron chi connectivity index (χ1n) is 6.10. The molecule has 0 amide bonds. The van der Waals surface area contributed by atoms with Crippen LogP contribution >= 0.6 is 27.3 Å². The first-order valence-corrected chi connectivity index (χ1v) is 7.71. The fourth-order valence-corrected chi connectivity index (χ4v) is 3.66. The molecule has 1 heterocycles. The Morgan fingerprint density at radius 3 is 2.30 bits per heavy atom. The molecule has 0 aliphatic heterocycles. The third kappa shape index (κ3) is 3.32. The van der Waals surface area contributed by atoms with Crippen molar-refractivity contribution in [1.29, 1.82) is 0 Å². The average molecular weight is 357 g/mol. The molecule has 1 aromatic heterocycles. The van der Waals surface area contributed by atoms with Crippen LogP contribution in [0.4, 0.5) is 0 Å². The Bertz CT molecular complexity index is 552. The lowest BCUT2D eigenvalue weighted by atomic mass is 10.0. The quantitative estimate of drug-likeness (QED) is 0.615. The number of methoxy groups -OCH3 is 2. The lowest BCUT2D eigenvalue weighted by Gasteiger charge is -2.21. The number of halogens is 1. The van der Waals surface area contributed by atoms with Crippen molar-refractivity contribution in [1.82, 2.24) is 5.43 Å².